The lowest BCUT2D eigenvalue weighted by atomic mass is 9.46. The van der Waals surface area contributed by atoms with Gasteiger partial charge in [0.2, 0.25) is 12.1 Å². The van der Waals surface area contributed by atoms with Crippen molar-refractivity contribution in [2.75, 3.05) is 6.61 Å². The zero-order valence-electron chi connectivity index (χ0n) is 31.4. The molecule has 2 aliphatic heterocycles. The van der Waals surface area contributed by atoms with Crippen LogP contribution in [-0.4, -0.2) is 28.8 Å². The SMILES string of the molecule is Cc1cc2c(cc1C)[n+](CC(=O)c1cccc(Br)c1)cn2[C@@H]1CC[C@@]2(C)C(=CC[C@H]3[C@@H]4C[C@@H]5O[C@]6(CC[C@@H](C)CO6)[C@@H](C)[C@@H]5[C@@]4(C)CC[C@@H]32)C1.[Br-]. The summed E-state index contributed by atoms with van der Waals surface area (Å²) in [5, 5.41) is 0. The van der Waals surface area contributed by atoms with Crippen molar-refractivity contribution in [1.82, 2.24) is 4.57 Å². The van der Waals surface area contributed by atoms with Crippen molar-refractivity contribution in [2.24, 2.45) is 46.3 Å². The fourth-order valence-corrected chi connectivity index (χ4v) is 13.1. The van der Waals surface area contributed by atoms with E-state index in [0.29, 0.717) is 41.9 Å². The van der Waals surface area contributed by atoms with Crippen LogP contribution in [0.15, 0.2) is 58.8 Å². The molecule has 5 fully saturated rings. The average Bonchev–Trinajstić information content (AvgIpc) is 3.68. The Bertz CT molecular complexity index is 1890. The Hall–Kier alpha value is -1.80. The molecule has 2 aromatic carbocycles. The van der Waals surface area contributed by atoms with Crippen LogP contribution in [0.4, 0.5) is 0 Å². The van der Waals surface area contributed by atoms with E-state index >= 15 is 0 Å². The van der Waals surface area contributed by atoms with Gasteiger partial charge in [0.05, 0.1) is 12.7 Å². The molecule has 51 heavy (non-hydrogen) atoms. The molecule has 0 radical (unpaired) electrons. The fourth-order valence-electron chi connectivity index (χ4n) is 12.7. The van der Waals surface area contributed by atoms with Gasteiger partial charge in [-0.1, -0.05) is 67.4 Å². The van der Waals surface area contributed by atoms with Crippen LogP contribution in [-0.2, 0) is 16.0 Å². The van der Waals surface area contributed by atoms with Crippen molar-refractivity contribution in [3.63, 3.8) is 0 Å². The normalized spacial score (nSPS) is 39.9. The first-order valence-electron chi connectivity index (χ1n) is 19.7. The molecule has 7 heteroatoms. The van der Waals surface area contributed by atoms with Gasteiger partial charge < -0.3 is 26.5 Å². The molecule has 0 unspecified atom stereocenters. The standard InChI is InChI=1S/C44H56BrN2O3.BrH/c1-26-12-17-44(49-24-26)29(4)41-40(50-44)22-36-34-11-10-31-21-33(13-15-42(31,5)35(34)14-16-43(36,41)6)47-25-46(37-18-27(2)28(3)19-38(37)47)23-39(48)30-8-7-9-32(45)20-30;/h7-10,18-20,25-26,29,33-36,40-41H,11-17,21-24H2,1-6H3;1H/q+1;/p-1/t26-,29+,33-,34-,35+,36+,40+,41+,42+,43+,44-;/m1./s1. The van der Waals surface area contributed by atoms with Crippen molar-refractivity contribution < 1.29 is 35.8 Å². The molecular formula is C44H56Br2N2O3. The number of aromatic nitrogens is 2. The van der Waals surface area contributed by atoms with Gasteiger partial charge in [0.15, 0.2) is 23.4 Å². The molecule has 3 heterocycles. The number of ether oxygens (including phenoxy) is 2. The van der Waals surface area contributed by atoms with Gasteiger partial charge in [-0.25, -0.2) is 9.13 Å². The molecule has 0 amide bonds. The van der Waals surface area contributed by atoms with Crippen LogP contribution in [0.2, 0.25) is 0 Å². The molecule has 1 aromatic heterocycles. The van der Waals surface area contributed by atoms with E-state index < -0.39 is 0 Å². The molecule has 5 nitrogen and oxygen atoms in total. The number of ketones is 1. The first kappa shape index (κ1) is 36.2. The van der Waals surface area contributed by atoms with E-state index in [0.717, 1.165) is 52.8 Å². The highest BCUT2D eigenvalue weighted by Gasteiger charge is 2.68. The molecule has 3 saturated carbocycles. The van der Waals surface area contributed by atoms with E-state index in [4.69, 9.17) is 9.47 Å². The summed E-state index contributed by atoms with van der Waals surface area (Å²) in [4.78, 5) is 13.5. The molecule has 0 N–H and O–H groups in total. The second kappa shape index (κ2) is 12.9. The topological polar surface area (TPSA) is 44.3 Å². The van der Waals surface area contributed by atoms with Crippen molar-refractivity contribution in [1.29, 1.82) is 0 Å². The Balaban J connectivity index is 0.00000374. The number of halogens is 2. The predicted octanol–water partition coefficient (Wildman–Crippen LogP) is 7.10. The Morgan fingerprint density at radius 3 is 2.59 bits per heavy atom. The first-order valence-corrected chi connectivity index (χ1v) is 20.5. The number of aryl methyl sites for hydroxylation is 2. The van der Waals surface area contributed by atoms with Gasteiger partial charge in [-0.15, -0.1) is 0 Å². The number of Topliss-reactive ketones (excluding diaryl/α,β-unsaturated/α-hetero) is 1. The summed E-state index contributed by atoms with van der Waals surface area (Å²) in [6, 6.07) is 12.8. The lowest BCUT2D eigenvalue weighted by Crippen LogP contribution is -3.00. The molecule has 3 aromatic rings. The number of hydrogen-bond donors (Lipinski definition) is 0. The third kappa shape index (κ3) is 5.55. The molecular weight excluding hydrogens is 764 g/mol. The lowest BCUT2D eigenvalue weighted by molar-refractivity contribution is -0.658. The van der Waals surface area contributed by atoms with Gasteiger partial charge in [0.1, 0.15) is 6.04 Å². The Morgan fingerprint density at radius 2 is 1.82 bits per heavy atom. The lowest BCUT2D eigenvalue weighted by Gasteiger charge is -2.58. The largest absolute Gasteiger partial charge is 1.00 e. The third-order valence-corrected chi connectivity index (χ3v) is 16.1. The van der Waals surface area contributed by atoms with Crippen LogP contribution >= 0.6 is 15.9 Å². The number of fused-ring (bicyclic) bond motifs is 8. The van der Waals surface area contributed by atoms with E-state index in [1.165, 1.54) is 61.6 Å². The monoisotopic (exact) mass is 818 g/mol. The summed E-state index contributed by atoms with van der Waals surface area (Å²) >= 11 is 3.55. The third-order valence-electron chi connectivity index (χ3n) is 15.6. The van der Waals surface area contributed by atoms with E-state index in [2.05, 4.69) is 91.1 Å². The smallest absolute Gasteiger partial charge is 0.245 e. The number of carbonyl (C=O) groups is 1. The van der Waals surface area contributed by atoms with Crippen molar-refractivity contribution in [3.05, 3.63) is 75.5 Å². The molecule has 274 valence electrons. The number of allylic oxidation sites excluding steroid dienone is 2. The molecule has 2 saturated heterocycles. The van der Waals surface area contributed by atoms with Gasteiger partial charge in [0, 0.05) is 28.8 Å². The highest BCUT2D eigenvalue weighted by Crippen LogP contribution is 2.71. The van der Waals surface area contributed by atoms with Gasteiger partial charge in [-0.2, -0.15) is 0 Å². The van der Waals surface area contributed by atoms with Crippen molar-refractivity contribution in [3.8, 4) is 0 Å². The summed E-state index contributed by atoms with van der Waals surface area (Å²) in [7, 11) is 0. The number of carbonyl (C=O) groups excluding carboxylic acids is 1. The van der Waals surface area contributed by atoms with E-state index in [-0.39, 0.29) is 34.0 Å². The molecule has 1 spiro atoms. The molecule has 11 atom stereocenters. The second-order valence-corrected chi connectivity index (χ2v) is 19.1. The first-order chi connectivity index (χ1) is 23.9. The summed E-state index contributed by atoms with van der Waals surface area (Å²) in [6.07, 6.45) is 16.3. The zero-order valence-corrected chi connectivity index (χ0v) is 34.6. The molecule has 0 bridgehead atoms. The van der Waals surface area contributed by atoms with E-state index in [1.807, 2.05) is 24.3 Å². The van der Waals surface area contributed by atoms with Crippen molar-refractivity contribution >= 4 is 32.7 Å². The van der Waals surface area contributed by atoms with Crippen LogP contribution in [0.3, 0.4) is 0 Å². The average molecular weight is 821 g/mol. The minimum Gasteiger partial charge on any atom is -1.00 e. The van der Waals surface area contributed by atoms with Crippen LogP contribution in [0, 0.1) is 60.2 Å². The molecule has 9 rings (SSSR count). The summed E-state index contributed by atoms with van der Waals surface area (Å²) < 4.78 is 19.3. The van der Waals surface area contributed by atoms with Gasteiger partial charge in [0.25, 0.3) is 0 Å². The highest BCUT2D eigenvalue weighted by molar-refractivity contribution is 9.10. The Morgan fingerprint density at radius 1 is 1.02 bits per heavy atom. The van der Waals surface area contributed by atoms with Gasteiger partial charge in [-0.3, -0.25) is 4.79 Å². The number of nitrogens with zero attached hydrogens (tertiary/aromatic N) is 2. The minimum absolute atomic E-state index is 0. The number of hydrogen-bond acceptors (Lipinski definition) is 3. The summed E-state index contributed by atoms with van der Waals surface area (Å²) in [5.74, 6) is 3.81. The maximum Gasteiger partial charge on any atom is 0.245 e. The fraction of sp³-hybridized carbons (Fsp3) is 0.636. The van der Waals surface area contributed by atoms with Crippen molar-refractivity contribution in [2.45, 2.75) is 124 Å². The molecule has 4 aliphatic carbocycles. The summed E-state index contributed by atoms with van der Waals surface area (Å²) in [5.41, 5.74) is 8.07. The number of imidazole rings is 1. The van der Waals surface area contributed by atoms with Crippen LogP contribution in [0.25, 0.3) is 11.0 Å². The van der Waals surface area contributed by atoms with Gasteiger partial charge >= 0.3 is 0 Å². The van der Waals surface area contributed by atoms with Crippen LogP contribution in [0.1, 0.15) is 113 Å². The number of benzene rings is 2. The predicted molar refractivity (Wildman–Crippen MR) is 201 cm³/mol. The zero-order chi connectivity index (χ0) is 34.7. The van der Waals surface area contributed by atoms with Crippen LogP contribution < -0.4 is 21.5 Å². The van der Waals surface area contributed by atoms with E-state index in [1.54, 1.807) is 5.57 Å². The van der Waals surface area contributed by atoms with Crippen LogP contribution in [0.5, 0.6) is 0 Å². The van der Waals surface area contributed by atoms with Gasteiger partial charge in [-0.05, 0) is 135 Å². The number of rotatable bonds is 4. The quantitative estimate of drug-likeness (QED) is 0.160. The highest BCUT2D eigenvalue weighted by atomic mass is 79.9. The maximum absolute atomic E-state index is 13.5. The maximum atomic E-state index is 13.5. The van der Waals surface area contributed by atoms with E-state index in [9.17, 15) is 4.79 Å². The summed E-state index contributed by atoms with van der Waals surface area (Å²) in [6.45, 7) is 15.7. The second-order valence-electron chi connectivity index (χ2n) is 18.2. The molecule has 6 aliphatic rings. The Labute approximate surface area is 323 Å². The minimum atomic E-state index is -0.333. The Kier molecular flexibility index (Phi) is 9.16.